The zero-order valence-electron chi connectivity index (χ0n) is 23.7. The molecule has 0 radical (unpaired) electrons. The number of piperidine rings is 1. The van der Waals surface area contributed by atoms with Crippen molar-refractivity contribution in [1.29, 1.82) is 0 Å². The molecule has 1 aromatic carbocycles. The number of nitrogens with one attached hydrogen (secondary N) is 3. The van der Waals surface area contributed by atoms with Gasteiger partial charge in [0.1, 0.15) is 17.7 Å². The fraction of sp³-hybridized carbons (Fsp3) is 0.467. The second kappa shape index (κ2) is 16.2. The number of carbonyl (C=O) groups excluding carboxylic acids is 2. The molecule has 1 aliphatic rings. The number of rotatable bonds is 12. The summed E-state index contributed by atoms with van der Waals surface area (Å²) in [6, 6.07) is 5.68. The Labute approximate surface area is 236 Å². The summed E-state index contributed by atoms with van der Waals surface area (Å²) >= 11 is 0. The van der Waals surface area contributed by atoms with Gasteiger partial charge in [0, 0.05) is 44.4 Å². The highest BCUT2D eigenvalue weighted by Gasteiger charge is 2.30. The molecule has 1 fully saturated rings. The average molecular weight is 550 g/mol. The molecule has 0 bridgehead atoms. The molecule has 3 rings (SSSR count). The van der Waals surface area contributed by atoms with Crippen LogP contribution in [0.25, 0.3) is 0 Å². The van der Waals surface area contributed by atoms with Gasteiger partial charge in [0.15, 0.2) is 0 Å². The van der Waals surface area contributed by atoms with Crippen LogP contribution in [0.4, 0.5) is 21.8 Å². The number of anilines is 3. The Morgan fingerprint density at radius 3 is 2.88 bits per heavy atom. The van der Waals surface area contributed by atoms with Crippen molar-refractivity contribution >= 4 is 29.3 Å². The third-order valence-corrected chi connectivity index (χ3v) is 6.23. The summed E-state index contributed by atoms with van der Waals surface area (Å²) in [5, 5.41) is 9.26. The van der Waals surface area contributed by atoms with E-state index in [1.807, 2.05) is 25.1 Å². The van der Waals surface area contributed by atoms with Crippen molar-refractivity contribution in [2.24, 2.45) is 0 Å². The number of likely N-dealkylation sites (tertiary alicyclic amines) is 1. The maximum absolute atomic E-state index is 13.5. The number of hydrogen-bond donors (Lipinski definition) is 3. The predicted octanol–water partition coefficient (Wildman–Crippen LogP) is 3.93. The van der Waals surface area contributed by atoms with Gasteiger partial charge >= 0.3 is 0 Å². The van der Waals surface area contributed by atoms with E-state index >= 15 is 0 Å². The molecule has 2 aromatic rings. The lowest BCUT2D eigenvalue weighted by molar-refractivity contribution is -0.138. The fourth-order valence-electron chi connectivity index (χ4n) is 4.20. The number of amides is 2. The first-order chi connectivity index (χ1) is 19.4. The Morgan fingerprint density at radius 1 is 1.25 bits per heavy atom. The number of unbranched alkanes of at least 4 members (excludes halogenated alkanes) is 1. The summed E-state index contributed by atoms with van der Waals surface area (Å²) in [6.45, 7) is 4.54. The van der Waals surface area contributed by atoms with Crippen molar-refractivity contribution < 1.29 is 14.0 Å². The van der Waals surface area contributed by atoms with Crippen LogP contribution in [-0.2, 0) is 9.59 Å². The van der Waals surface area contributed by atoms with Crippen LogP contribution in [-0.4, -0.2) is 77.9 Å². The molecule has 3 N–H and O–H groups in total. The van der Waals surface area contributed by atoms with E-state index in [9.17, 15) is 14.0 Å². The van der Waals surface area contributed by atoms with Crippen molar-refractivity contribution in [1.82, 2.24) is 25.1 Å². The molecule has 214 valence electrons. The predicted molar refractivity (Wildman–Crippen MR) is 157 cm³/mol. The van der Waals surface area contributed by atoms with Gasteiger partial charge in [-0.1, -0.05) is 30.9 Å². The number of benzene rings is 1. The van der Waals surface area contributed by atoms with E-state index in [-0.39, 0.29) is 17.6 Å². The number of hydrogen-bond acceptors (Lipinski definition) is 7. The fourth-order valence-corrected chi connectivity index (χ4v) is 4.20. The monoisotopic (exact) mass is 549 g/mol. The van der Waals surface area contributed by atoms with E-state index < -0.39 is 6.04 Å². The number of halogens is 1. The molecule has 1 aliphatic heterocycles. The molecule has 2 heterocycles. The second-order valence-electron chi connectivity index (χ2n) is 9.92. The van der Waals surface area contributed by atoms with Crippen LogP contribution in [0.1, 0.15) is 51.0 Å². The van der Waals surface area contributed by atoms with Crippen LogP contribution in [0.5, 0.6) is 0 Å². The standard InChI is InChI=1S/C30H40FN7O2/c1-4-17-32-28-23(22-34-30(36-28)35-25-14-10-13-24(31)21-25)12-6-5-8-18-33-29(40)26-15-7-9-20-38(26)27(39)16-11-19-37(2)3/h10-11,13-14,16,21-22,26H,4-5,7-9,15,17-20H2,1-3H3,(H,33,40)(H2,32,34,35,36)/b16-11+/t26-/m1/s1. The molecule has 9 nitrogen and oxygen atoms in total. The Hall–Kier alpha value is -3.97. The minimum Gasteiger partial charge on any atom is -0.369 e. The summed E-state index contributed by atoms with van der Waals surface area (Å²) in [5.41, 5.74) is 1.23. The van der Waals surface area contributed by atoms with E-state index in [4.69, 9.17) is 0 Å². The van der Waals surface area contributed by atoms with Crippen LogP contribution < -0.4 is 16.0 Å². The van der Waals surface area contributed by atoms with Crippen LogP contribution in [0.2, 0.25) is 0 Å². The van der Waals surface area contributed by atoms with Crippen molar-refractivity contribution in [2.45, 2.75) is 51.5 Å². The molecule has 0 spiro atoms. The summed E-state index contributed by atoms with van der Waals surface area (Å²) in [4.78, 5) is 38.0. The topological polar surface area (TPSA) is 102 Å². The highest BCUT2D eigenvalue weighted by molar-refractivity contribution is 5.93. The first-order valence-corrected chi connectivity index (χ1v) is 13.9. The molecule has 0 aliphatic carbocycles. The van der Waals surface area contributed by atoms with Gasteiger partial charge < -0.3 is 25.8 Å². The van der Waals surface area contributed by atoms with Gasteiger partial charge in [-0.25, -0.2) is 9.37 Å². The van der Waals surface area contributed by atoms with Crippen LogP contribution >= 0.6 is 0 Å². The first kappa shape index (κ1) is 30.6. The maximum atomic E-state index is 13.5. The largest absolute Gasteiger partial charge is 0.369 e. The highest BCUT2D eigenvalue weighted by atomic mass is 19.1. The quantitative estimate of drug-likeness (QED) is 0.210. The van der Waals surface area contributed by atoms with Crippen LogP contribution in [0.15, 0.2) is 42.6 Å². The molecule has 2 amide bonds. The number of aromatic nitrogens is 2. The molecule has 0 saturated carbocycles. The average Bonchev–Trinajstić information content (AvgIpc) is 2.94. The van der Waals surface area contributed by atoms with Gasteiger partial charge in [0.2, 0.25) is 17.8 Å². The van der Waals surface area contributed by atoms with Gasteiger partial charge in [-0.3, -0.25) is 9.59 Å². The lowest BCUT2D eigenvalue weighted by Gasteiger charge is -2.34. The smallest absolute Gasteiger partial charge is 0.246 e. The van der Waals surface area contributed by atoms with Gasteiger partial charge in [-0.15, -0.1) is 0 Å². The molecule has 10 heteroatoms. The summed E-state index contributed by atoms with van der Waals surface area (Å²) in [5.74, 6) is 6.66. The highest BCUT2D eigenvalue weighted by Crippen LogP contribution is 2.19. The van der Waals surface area contributed by atoms with E-state index in [0.717, 1.165) is 25.8 Å². The van der Waals surface area contributed by atoms with Gasteiger partial charge in [0.05, 0.1) is 11.8 Å². The van der Waals surface area contributed by atoms with Crippen molar-refractivity contribution in [3.63, 3.8) is 0 Å². The third-order valence-electron chi connectivity index (χ3n) is 6.23. The SMILES string of the molecule is CCCNc1nc(Nc2cccc(F)c2)ncc1C#CCCCNC(=O)[C@H]1CCCCN1C(=O)/C=C/CN(C)C. The molecule has 40 heavy (non-hydrogen) atoms. The van der Waals surface area contributed by atoms with Crippen LogP contribution in [0.3, 0.4) is 0 Å². The van der Waals surface area contributed by atoms with Crippen LogP contribution in [0, 0.1) is 17.7 Å². The van der Waals surface area contributed by atoms with E-state index in [1.54, 1.807) is 29.3 Å². The summed E-state index contributed by atoms with van der Waals surface area (Å²) < 4.78 is 13.5. The molecule has 1 atom stereocenters. The molecule has 1 aromatic heterocycles. The van der Waals surface area contributed by atoms with Gasteiger partial charge in [-0.2, -0.15) is 4.98 Å². The zero-order valence-corrected chi connectivity index (χ0v) is 23.7. The minimum atomic E-state index is -0.430. The lowest BCUT2D eigenvalue weighted by atomic mass is 10.0. The van der Waals surface area contributed by atoms with E-state index in [1.165, 1.54) is 12.1 Å². The Morgan fingerprint density at radius 2 is 2.10 bits per heavy atom. The first-order valence-electron chi connectivity index (χ1n) is 13.9. The van der Waals surface area contributed by atoms with Gasteiger partial charge in [-0.05, 0) is 64.4 Å². The Kier molecular flexibility index (Phi) is 12.4. The number of likely N-dealkylation sites (N-methyl/N-ethyl adjacent to an activating group) is 1. The zero-order chi connectivity index (χ0) is 28.7. The van der Waals surface area contributed by atoms with Crippen molar-refractivity contribution in [3.8, 4) is 11.8 Å². The molecular weight excluding hydrogens is 509 g/mol. The molecule has 1 saturated heterocycles. The normalized spacial score (nSPS) is 15.0. The third kappa shape index (κ3) is 9.97. The summed E-state index contributed by atoms with van der Waals surface area (Å²) in [6.07, 6.45) is 9.73. The molecular formula is C30H40FN7O2. The van der Waals surface area contributed by atoms with E-state index in [2.05, 4.69) is 44.7 Å². The van der Waals surface area contributed by atoms with Gasteiger partial charge in [0.25, 0.3) is 0 Å². The number of carbonyl (C=O) groups is 2. The second-order valence-corrected chi connectivity index (χ2v) is 9.92. The molecule has 0 unspecified atom stereocenters. The van der Waals surface area contributed by atoms with Crippen molar-refractivity contribution in [3.05, 3.63) is 54.0 Å². The lowest BCUT2D eigenvalue weighted by Crippen LogP contribution is -2.51. The number of nitrogens with zero attached hydrogens (tertiary/aromatic N) is 4. The maximum Gasteiger partial charge on any atom is 0.246 e. The summed E-state index contributed by atoms with van der Waals surface area (Å²) in [7, 11) is 3.88. The van der Waals surface area contributed by atoms with E-state index in [0.29, 0.717) is 61.9 Å². The Balaban J connectivity index is 1.51. The Bertz CT molecular complexity index is 1220. The minimum absolute atomic E-state index is 0.108. The van der Waals surface area contributed by atoms with Crippen molar-refractivity contribution in [2.75, 3.05) is 50.9 Å².